The average molecular weight is 422 g/mol. The van der Waals surface area contributed by atoms with Gasteiger partial charge in [0.15, 0.2) is 5.65 Å². The molecular weight excluding hydrogens is 390 g/mol. The fourth-order valence-electron chi connectivity index (χ4n) is 3.86. The molecule has 1 aliphatic rings. The van der Waals surface area contributed by atoms with E-state index in [1.807, 2.05) is 36.4 Å². The molecule has 1 saturated heterocycles. The molecule has 1 aromatic carbocycles. The molecule has 2 aromatic heterocycles. The molecule has 164 valence electrons. The molecule has 0 bridgehead atoms. The van der Waals surface area contributed by atoms with Crippen LogP contribution in [-0.4, -0.2) is 58.7 Å². The second-order valence-corrected chi connectivity index (χ2v) is 9.11. The summed E-state index contributed by atoms with van der Waals surface area (Å²) >= 11 is 0. The fraction of sp³-hybridized carbons (Fsp3) is 0.458. The number of nitrogens with zero attached hydrogens (tertiary/aromatic N) is 4. The Morgan fingerprint density at radius 2 is 1.94 bits per heavy atom. The zero-order valence-electron chi connectivity index (χ0n) is 18.8. The van der Waals surface area contributed by atoms with Gasteiger partial charge in [-0.05, 0) is 44.1 Å². The largest absolute Gasteiger partial charge is 0.497 e. The van der Waals surface area contributed by atoms with Crippen LogP contribution in [0.15, 0.2) is 36.4 Å². The second-order valence-electron chi connectivity index (χ2n) is 9.11. The minimum Gasteiger partial charge on any atom is -0.497 e. The third-order valence-corrected chi connectivity index (χ3v) is 5.71. The van der Waals surface area contributed by atoms with Crippen LogP contribution in [-0.2, 0) is 5.41 Å². The molecule has 3 aromatic rings. The van der Waals surface area contributed by atoms with Crippen molar-refractivity contribution >= 4 is 11.6 Å². The van der Waals surface area contributed by atoms with E-state index in [-0.39, 0.29) is 11.3 Å². The number of carbonyl (C=O) groups excluding carboxylic acids is 1. The van der Waals surface area contributed by atoms with Crippen molar-refractivity contribution in [2.75, 3.05) is 33.3 Å². The number of aromatic nitrogens is 3. The Labute approximate surface area is 183 Å². The van der Waals surface area contributed by atoms with Gasteiger partial charge in [-0.15, -0.1) is 0 Å². The van der Waals surface area contributed by atoms with Crippen molar-refractivity contribution in [3.8, 4) is 17.0 Å². The first-order valence-corrected chi connectivity index (χ1v) is 10.9. The molecule has 1 fully saturated rings. The number of carbonyl (C=O) groups is 1. The molecule has 0 spiro atoms. The summed E-state index contributed by atoms with van der Waals surface area (Å²) in [6, 6.07) is 11.5. The normalized spacial score (nSPS) is 14.8. The summed E-state index contributed by atoms with van der Waals surface area (Å²) in [7, 11) is 1.64. The molecule has 3 heterocycles. The molecule has 0 atom stereocenters. The molecule has 0 radical (unpaired) electrons. The summed E-state index contributed by atoms with van der Waals surface area (Å²) < 4.78 is 7.03. The van der Waals surface area contributed by atoms with Gasteiger partial charge in [-0.2, -0.15) is 5.10 Å². The first kappa shape index (κ1) is 21.3. The first-order chi connectivity index (χ1) is 14.8. The highest BCUT2D eigenvalue weighted by Gasteiger charge is 2.22. The summed E-state index contributed by atoms with van der Waals surface area (Å²) in [5.74, 6) is 0.610. The minimum absolute atomic E-state index is 0.140. The number of methoxy groups -OCH3 is 1. The molecule has 7 heteroatoms. The van der Waals surface area contributed by atoms with E-state index in [1.54, 1.807) is 11.6 Å². The van der Waals surface area contributed by atoms with Crippen LogP contribution >= 0.6 is 0 Å². The van der Waals surface area contributed by atoms with Gasteiger partial charge >= 0.3 is 0 Å². The maximum absolute atomic E-state index is 13.2. The van der Waals surface area contributed by atoms with Crippen LogP contribution in [0.4, 0.5) is 0 Å². The number of nitrogens with one attached hydrogen (secondary N) is 1. The molecule has 7 nitrogen and oxygen atoms in total. The van der Waals surface area contributed by atoms with Crippen molar-refractivity contribution < 1.29 is 9.53 Å². The third-order valence-electron chi connectivity index (χ3n) is 5.71. The van der Waals surface area contributed by atoms with E-state index in [9.17, 15) is 4.79 Å². The summed E-state index contributed by atoms with van der Waals surface area (Å²) in [5.41, 5.74) is 3.51. The van der Waals surface area contributed by atoms with Crippen LogP contribution in [0.5, 0.6) is 5.75 Å². The Balaban J connectivity index is 1.69. The van der Waals surface area contributed by atoms with Crippen LogP contribution in [0.25, 0.3) is 16.9 Å². The molecule has 0 aliphatic carbocycles. The van der Waals surface area contributed by atoms with Crippen LogP contribution < -0.4 is 10.1 Å². The van der Waals surface area contributed by atoms with Crippen LogP contribution in [0, 0.1) is 0 Å². The van der Waals surface area contributed by atoms with Crippen molar-refractivity contribution in [2.24, 2.45) is 0 Å². The van der Waals surface area contributed by atoms with Gasteiger partial charge < -0.3 is 15.0 Å². The fourth-order valence-corrected chi connectivity index (χ4v) is 3.86. The highest BCUT2D eigenvalue weighted by molar-refractivity contribution is 5.94. The number of hydrogen-bond acceptors (Lipinski definition) is 5. The van der Waals surface area contributed by atoms with E-state index >= 15 is 0 Å². The summed E-state index contributed by atoms with van der Waals surface area (Å²) in [6.45, 7) is 10.0. The van der Waals surface area contributed by atoms with E-state index in [4.69, 9.17) is 14.8 Å². The lowest BCUT2D eigenvalue weighted by atomic mass is 9.93. The molecule has 0 saturated carbocycles. The number of hydrogen-bond donors (Lipinski definition) is 1. The Hall–Kier alpha value is -2.93. The molecule has 1 amide bonds. The van der Waals surface area contributed by atoms with Gasteiger partial charge in [0.05, 0.1) is 18.5 Å². The minimum atomic E-state index is -0.146. The SMILES string of the molecule is COc1cccc(-c2cc(C(=O)NCCN3CCCC3)n3nc(C(C)(C)C)cc3n2)c1. The quantitative estimate of drug-likeness (QED) is 0.659. The van der Waals surface area contributed by atoms with Crippen molar-refractivity contribution in [3.63, 3.8) is 0 Å². The van der Waals surface area contributed by atoms with Gasteiger partial charge in [0, 0.05) is 30.1 Å². The molecule has 1 N–H and O–H groups in total. The third kappa shape index (κ3) is 4.71. The van der Waals surface area contributed by atoms with Gasteiger partial charge in [-0.1, -0.05) is 32.9 Å². The number of ether oxygens (including phenoxy) is 1. The summed E-state index contributed by atoms with van der Waals surface area (Å²) in [4.78, 5) is 20.3. The lowest BCUT2D eigenvalue weighted by Gasteiger charge is -2.15. The average Bonchev–Trinajstić information content (AvgIpc) is 3.42. The van der Waals surface area contributed by atoms with E-state index in [0.29, 0.717) is 17.9 Å². The van der Waals surface area contributed by atoms with Crippen LogP contribution in [0.1, 0.15) is 49.8 Å². The standard InChI is InChI=1S/C24H31N5O2/c1-24(2,3)21-16-22-26-19(17-8-7-9-18(14-17)31-4)15-20(29(22)27-21)23(30)25-10-13-28-11-5-6-12-28/h7-9,14-16H,5-6,10-13H2,1-4H3,(H,25,30). The van der Waals surface area contributed by atoms with Crippen molar-refractivity contribution in [1.82, 2.24) is 24.8 Å². The van der Waals surface area contributed by atoms with Gasteiger partial charge in [-0.25, -0.2) is 9.50 Å². The van der Waals surface area contributed by atoms with Crippen LogP contribution in [0.2, 0.25) is 0 Å². The number of amides is 1. The molecule has 31 heavy (non-hydrogen) atoms. The smallest absolute Gasteiger partial charge is 0.270 e. The number of likely N-dealkylation sites (tertiary alicyclic amines) is 1. The Bertz CT molecular complexity index is 1080. The highest BCUT2D eigenvalue weighted by atomic mass is 16.5. The van der Waals surface area contributed by atoms with E-state index in [1.165, 1.54) is 12.8 Å². The second kappa shape index (κ2) is 8.67. The van der Waals surface area contributed by atoms with E-state index in [2.05, 4.69) is 31.0 Å². The predicted octanol–water partition coefficient (Wildman–Crippen LogP) is 3.53. The van der Waals surface area contributed by atoms with Gasteiger partial charge in [0.2, 0.25) is 0 Å². The lowest BCUT2D eigenvalue weighted by molar-refractivity contribution is 0.0942. The summed E-state index contributed by atoms with van der Waals surface area (Å²) in [5, 5.41) is 7.79. The Morgan fingerprint density at radius 1 is 1.16 bits per heavy atom. The van der Waals surface area contributed by atoms with Crippen molar-refractivity contribution in [3.05, 3.63) is 47.8 Å². The molecule has 0 unspecified atom stereocenters. The van der Waals surface area contributed by atoms with Gasteiger partial charge in [0.1, 0.15) is 11.4 Å². The van der Waals surface area contributed by atoms with Crippen molar-refractivity contribution in [1.29, 1.82) is 0 Å². The summed E-state index contributed by atoms with van der Waals surface area (Å²) in [6.07, 6.45) is 2.48. The highest BCUT2D eigenvalue weighted by Crippen LogP contribution is 2.27. The van der Waals surface area contributed by atoms with Gasteiger partial charge in [-0.3, -0.25) is 4.79 Å². The molecule has 4 rings (SSSR count). The molecule has 1 aliphatic heterocycles. The maximum Gasteiger partial charge on any atom is 0.270 e. The Kier molecular flexibility index (Phi) is 5.96. The van der Waals surface area contributed by atoms with Crippen LogP contribution in [0.3, 0.4) is 0 Å². The van der Waals surface area contributed by atoms with E-state index in [0.717, 1.165) is 42.3 Å². The lowest BCUT2D eigenvalue weighted by Crippen LogP contribution is -2.34. The topological polar surface area (TPSA) is 71.8 Å². The van der Waals surface area contributed by atoms with Crippen molar-refractivity contribution in [2.45, 2.75) is 39.0 Å². The number of rotatable bonds is 6. The van der Waals surface area contributed by atoms with Gasteiger partial charge in [0.25, 0.3) is 5.91 Å². The van der Waals surface area contributed by atoms with E-state index < -0.39 is 0 Å². The maximum atomic E-state index is 13.2. The zero-order chi connectivity index (χ0) is 22.0. The monoisotopic (exact) mass is 421 g/mol. The first-order valence-electron chi connectivity index (χ1n) is 10.9. The number of benzene rings is 1. The molecular formula is C24H31N5O2. The zero-order valence-corrected chi connectivity index (χ0v) is 18.8. The Morgan fingerprint density at radius 3 is 2.65 bits per heavy atom. The number of fused-ring (bicyclic) bond motifs is 1. The predicted molar refractivity (Wildman–Crippen MR) is 122 cm³/mol.